The number of nitrogens with zero attached hydrogens (tertiary/aromatic N) is 6. The number of rotatable bonds is 27. The molecule has 0 saturated carbocycles. The third-order valence-electron chi connectivity index (χ3n) is 16.9. The van der Waals surface area contributed by atoms with Gasteiger partial charge in [-0.25, -0.2) is 4.98 Å². The lowest BCUT2D eigenvalue weighted by atomic mass is 9.88. The van der Waals surface area contributed by atoms with Crippen molar-refractivity contribution in [2.24, 2.45) is 12.2 Å². The molecule has 512 valence electrons. The van der Waals surface area contributed by atoms with Gasteiger partial charge in [-0.15, -0.1) is 11.3 Å². The summed E-state index contributed by atoms with van der Waals surface area (Å²) in [5, 5.41) is 17.6. The maximum atomic E-state index is 12.8. The fourth-order valence-electron chi connectivity index (χ4n) is 11.3. The number of carbonyl (C=O) groups excluding carboxylic acids is 3. The highest BCUT2D eigenvalue weighted by atomic mass is 32.1. The third kappa shape index (κ3) is 19.9. The Morgan fingerprint density at radius 3 is 1.63 bits per heavy atom. The quantitative estimate of drug-likeness (QED) is 0.0471. The van der Waals surface area contributed by atoms with E-state index in [1.165, 1.54) is 55.6 Å². The number of benzene rings is 6. The van der Waals surface area contributed by atoms with E-state index in [1.54, 1.807) is 55.1 Å². The van der Waals surface area contributed by atoms with Gasteiger partial charge in [0.15, 0.2) is 0 Å². The SMILES string of the molecule is CC(=O)C[C@@H](c1ccc(OCc2cc(-c3ccc(C(F)(F)F)cc3)nn2C)cc1)c1ccon1.CC(=O)C[C@@H](c1ccc(OCc2cc(-c3ccc(C)cc3)oc2C)cc1)c1ccon1.CCCCc1ccc(-c2nc(C)c(COc3ccc([C@H](CC(C)=O)C4=NOCC4)cc3)s2)cc1. The largest absolute Gasteiger partial charge is 0.489 e. The Kier molecular flexibility index (Phi) is 24.2. The van der Waals surface area contributed by atoms with Crippen LogP contribution in [0.15, 0.2) is 201 Å². The molecular weight excluding hydrogens is 1280 g/mol. The van der Waals surface area contributed by atoms with Crippen LogP contribution in [0.5, 0.6) is 17.2 Å². The van der Waals surface area contributed by atoms with Crippen LogP contribution in [-0.2, 0) is 58.7 Å². The Bertz CT molecular complexity index is 4430. The molecule has 12 rings (SSSR count). The number of carbonyl (C=O) groups is 3. The summed E-state index contributed by atoms with van der Waals surface area (Å²) in [4.78, 5) is 46.3. The van der Waals surface area contributed by atoms with Gasteiger partial charge in [-0.05, 0) is 137 Å². The van der Waals surface area contributed by atoms with Crippen molar-refractivity contribution in [3.05, 3.63) is 255 Å². The van der Waals surface area contributed by atoms with Crippen molar-refractivity contribution in [1.82, 2.24) is 25.1 Å². The molecular formula is C79H79F3N6O10S. The molecule has 3 atom stereocenters. The summed E-state index contributed by atoms with van der Waals surface area (Å²) in [6, 6.07) is 52.4. The first-order chi connectivity index (χ1) is 47.7. The van der Waals surface area contributed by atoms with Crippen LogP contribution < -0.4 is 14.2 Å². The molecule has 0 saturated heterocycles. The number of hydrogen-bond donors (Lipinski definition) is 0. The molecule has 0 N–H and O–H groups in total. The first-order valence-corrected chi connectivity index (χ1v) is 33.6. The lowest BCUT2D eigenvalue weighted by Crippen LogP contribution is -2.14. The average Bonchev–Trinajstić information content (AvgIpc) is 1.80. The molecule has 11 aromatic rings. The summed E-state index contributed by atoms with van der Waals surface area (Å²) in [7, 11) is 1.75. The fourth-order valence-corrected chi connectivity index (χ4v) is 12.3. The Labute approximate surface area is 577 Å². The molecule has 0 spiro atoms. The zero-order valence-corrected chi connectivity index (χ0v) is 57.5. The van der Waals surface area contributed by atoms with Crippen LogP contribution in [0.4, 0.5) is 13.2 Å². The van der Waals surface area contributed by atoms with Crippen LogP contribution in [0.25, 0.3) is 33.2 Å². The number of aryl methyl sites for hydroxylation is 5. The Hall–Kier alpha value is -10.5. The van der Waals surface area contributed by atoms with Crippen LogP contribution in [0.3, 0.4) is 0 Å². The number of unbranched alkanes of at least 4 members (excludes halogenated alkanes) is 1. The molecule has 1 aliphatic heterocycles. The van der Waals surface area contributed by atoms with Gasteiger partial charge in [-0.3, -0.25) is 19.1 Å². The molecule has 0 unspecified atom stereocenters. The third-order valence-corrected chi connectivity index (χ3v) is 18.1. The Morgan fingerprint density at radius 2 is 1.12 bits per heavy atom. The smallest absolute Gasteiger partial charge is 0.416 e. The van der Waals surface area contributed by atoms with E-state index in [1.807, 2.05) is 92.7 Å². The number of halogens is 3. The van der Waals surface area contributed by atoms with E-state index in [4.69, 9.17) is 37.5 Å². The summed E-state index contributed by atoms with van der Waals surface area (Å²) in [5.74, 6) is 3.80. The van der Waals surface area contributed by atoms with Gasteiger partial charge in [0.05, 0.1) is 44.6 Å². The summed E-state index contributed by atoms with van der Waals surface area (Å²) in [6.07, 6.45) is 4.08. The Morgan fingerprint density at radius 1 is 0.606 bits per heavy atom. The second kappa shape index (κ2) is 33.7. The molecule has 99 heavy (non-hydrogen) atoms. The van der Waals surface area contributed by atoms with Crippen molar-refractivity contribution in [3.63, 3.8) is 0 Å². The average molecular weight is 1360 g/mol. The van der Waals surface area contributed by atoms with Crippen LogP contribution in [-0.4, -0.2) is 54.7 Å². The summed E-state index contributed by atoms with van der Waals surface area (Å²) in [5.41, 5.74) is 13.4. The van der Waals surface area contributed by atoms with E-state index < -0.39 is 11.7 Å². The Balaban J connectivity index is 0.000000161. The molecule has 20 heteroatoms. The minimum Gasteiger partial charge on any atom is -0.489 e. The molecule has 0 amide bonds. The van der Waals surface area contributed by atoms with Gasteiger partial charge in [0, 0.05) is 84.9 Å². The van der Waals surface area contributed by atoms with Gasteiger partial charge in [0.2, 0.25) is 0 Å². The first-order valence-electron chi connectivity index (χ1n) is 32.8. The topological polar surface area (TPSA) is 196 Å². The molecule has 5 aromatic heterocycles. The van der Waals surface area contributed by atoms with Gasteiger partial charge >= 0.3 is 6.18 Å². The van der Waals surface area contributed by atoms with E-state index in [9.17, 15) is 27.6 Å². The molecule has 6 aromatic carbocycles. The molecule has 16 nitrogen and oxygen atoms in total. The number of ether oxygens (including phenoxy) is 3. The van der Waals surface area contributed by atoms with Gasteiger partial charge in [-0.1, -0.05) is 131 Å². The van der Waals surface area contributed by atoms with Crippen LogP contribution in [0, 0.1) is 20.8 Å². The second-order valence-electron chi connectivity index (χ2n) is 24.6. The predicted octanol–water partition coefficient (Wildman–Crippen LogP) is 18.9. The van der Waals surface area contributed by atoms with E-state index in [0.717, 1.165) is 114 Å². The van der Waals surface area contributed by atoms with Crippen LogP contribution >= 0.6 is 11.3 Å². The van der Waals surface area contributed by atoms with Crippen molar-refractivity contribution >= 4 is 34.4 Å². The van der Waals surface area contributed by atoms with Crippen molar-refractivity contribution in [2.45, 2.75) is 137 Å². The molecule has 1 aliphatic rings. The van der Waals surface area contributed by atoms with E-state index in [2.05, 4.69) is 82.9 Å². The molecule has 0 bridgehead atoms. The van der Waals surface area contributed by atoms with Crippen LogP contribution in [0.1, 0.15) is 156 Å². The van der Waals surface area contributed by atoms with Gasteiger partial charge in [0.1, 0.15) is 90.1 Å². The van der Waals surface area contributed by atoms with Crippen molar-refractivity contribution in [2.75, 3.05) is 6.61 Å². The number of oxime groups is 1. The minimum absolute atomic E-state index is 0.0336. The number of Topliss-reactive ketones (excluding diaryl/α,β-unsaturated/α-hetero) is 3. The number of hydrogen-bond acceptors (Lipinski definition) is 16. The predicted molar refractivity (Wildman–Crippen MR) is 374 cm³/mol. The second-order valence-corrected chi connectivity index (χ2v) is 25.7. The highest BCUT2D eigenvalue weighted by molar-refractivity contribution is 7.15. The first kappa shape index (κ1) is 71.3. The number of thiazole rings is 1. The van der Waals surface area contributed by atoms with E-state index in [0.29, 0.717) is 61.8 Å². The normalized spacial score (nSPS) is 12.8. The van der Waals surface area contributed by atoms with Gasteiger partial charge < -0.3 is 32.5 Å². The lowest BCUT2D eigenvalue weighted by Gasteiger charge is -2.15. The van der Waals surface area contributed by atoms with Gasteiger partial charge in [-0.2, -0.15) is 18.3 Å². The van der Waals surface area contributed by atoms with Crippen molar-refractivity contribution < 1.29 is 60.1 Å². The van der Waals surface area contributed by atoms with Crippen LogP contribution in [0.2, 0.25) is 0 Å². The highest BCUT2D eigenvalue weighted by Gasteiger charge is 2.30. The molecule has 0 radical (unpaired) electrons. The van der Waals surface area contributed by atoms with E-state index >= 15 is 0 Å². The van der Waals surface area contributed by atoms with Crippen molar-refractivity contribution in [1.29, 1.82) is 0 Å². The number of aromatic nitrogens is 5. The standard InChI is InChI=1S/C28H32N2O3S.C26H25NO4.C25H22F3N3O3/c1-4-5-6-21-7-9-23(10-8-21)28-29-20(3)27(34-28)18-32-24-13-11-22(12-14-24)25(17-19(2)31)26-15-16-33-30-26;1-17-4-6-21(7-5-17)26-15-22(19(3)31-26)16-29-23-10-8-20(9-11-23)24(14-18(2)28)25-12-13-30-27-25;1-16(32)13-22(23-11-12-34-30-23)17-5-9-21(10-6-17)33-15-20-14-24(29-31(20)2)18-3-7-19(8-4-18)25(26,27)28/h7-14,25H,4-6,15-18H2,1-3H3;4-13,15,24H,14,16H2,1-3H3;3-12,14,22H,13,15H2,1-2H3/t25-;24-;22-/m000/s1. The minimum atomic E-state index is -4.38. The van der Waals surface area contributed by atoms with E-state index in [-0.39, 0.29) is 41.7 Å². The molecule has 0 fully saturated rings. The summed E-state index contributed by atoms with van der Waals surface area (Å²) in [6.45, 7) is 14.7. The monoisotopic (exact) mass is 1360 g/mol. The fraction of sp³-hybridized carbons (Fsp3) is 0.291. The summed E-state index contributed by atoms with van der Waals surface area (Å²) < 4.78 is 73.8. The number of alkyl halides is 3. The number of furan rings is 1. The lowest BCUT2D eigenvalue weighted by molar-refractivity contribution is -0.137. The van der Waals surface area contributed by atoms with Gasteiger partial charge in [0.25, 0.3) is 0 Å². The van der Waals surface area contributed by atoms with Crippen molar-refractivity contribution in [3.8, 4) is 50.4 Å². The molecule has 0 aliphatic carbocycles. The maximum Gasteiger partial charge on any atom is 0.416 e. The zero-order valence-electron chi connectivity index (χ0n) is 56.6. The maximum absolute atomic E-state index is 12.8. The highest BCUT2D eigenvalue weighted by Crippen LogP contribution is 2.36. The molecule has 6 heterocycles. The number of ketones is 3. The summed E-state index contributed by atoms with van der Waals surface area (Å²) >= 11 is 1.68. The zero-order chi connectivity index (χ0) is 70.0.